The molecule has 4 aromatic rings. The third kappa shape index (κ3) is 2.96. The van der Waals surface area contributed by atoms with Crippen molar-refractivity contribution in [3.05, 3.63) is 76.7 Å². The van der Waals surface area contributed by atoms with E-state index in [1.54, 1.807) is 11.3 Å². The molecule has 2 heterocycles. The summed E-state index contributed by atoms with van der Waals surface area (Å²) in [5, 5.41) is 6.47. The largest absolute Gasteiger partial charge is 0.349 e. The minimum Gasteiger partial charge on any atom is -0.349 e. The lowest BCUT2D eigenvalue weighted by Gasteiger charge is -2.10. The number of hydrogen-bond acceptors (Lipinski definition) is 4. The maximum absolute atomic E-state index is 4.74. The minimum atomic E-state index is 0.690. The van der Waals surface area contributed by atoms with Crippen molar-refractivity contribution in [1.29, 1.82) is 0 Å². The summed E-state index contributed by atoms with van der Waals surface area (Å²) in [6, 6.07) is 18.7. The molecule has 0 spiro atoms. The summed E-state index contributed by atoms with van der Waals surface area (Å²) in [7, 11) is 0. The van der Waals surface area contributed by atoms with Gasteiger partial charge < -0.3 is 9.88 Å². The second-order valence-electron chi connectivity index (χ2n) is 5.28. The van der Waals surface area contributed by atoms with Crippen molar-refractivity contribution in [3.63, 3.8) is 0 Å². The molecular weight excluding hydrogens is 304 g/mol. The number of nitrogens with zero attached hydrogens (tertiary/aromatic N) is 3. The molecule has 114 valence electrons. The van der Waals surface area contributed by atoms with Crippen molar-refractivity contribution in [1.82, 2.24) is 14.5 Å². The van der Waals surface area contributed by atoms with Crippen LogP contribution in [0.3, 0.4) is 0 Å². The Kier molecular flexibility index (Phi) is 3.78. The van der Waals surface area contributed by atoms with E-state index >= 15 is 0 Å². The molecule has 1 N–H and O–H groups in total. The van der Waals surface area contributed by atoms with Crippen molar-refractivity contribution in [3.8, 4) is 0 Å². The molecule has 23 heavy (non-hydrogen) atoms. The molecule has 0 atom stereocenters. The van der Waals surface area contributed by atoms with E-state index in [1.807, 2.05) is 29.8 Å². The van der Waals surface area contributed by atoms with Crippen LogP contribution < -0.4 is 5.32 Å². The van der Waals surface area contributed by atoms with Crippen molar-refractivity contribution in [2.24, 2.45) is 0 Å². The zero-order valence-corrected chi connectivity index (χ0v) is 13.3. The molecule has 2 aromatic carbocycles. The zero-order valence-electron chi connectivity index (χ0n) is 12.5. The molecule has 2 aromatic heterocycles. The van der Waals surface area contributed by atoms with Gasteiger partial charge in [0, 0.05) is 11.6 Å². The van der Waals surface area contributed by atoms with Crippen molar-refractivity contribution >= 4 is 28.3 Å². The van der Waals surface area contributed by atoms with E-state index in [2.05, 4.69) is 51.3 Å². The third-order valence-corrected chi connectivity index (χ3v) is 4.50. The van der Waals surface area contributed by atoms with E-state index < -0.39 is 0 Å². The van der Waals surface area contributed by atoms with Crippen LogP contribution in [0.1, 0.15) is 10.6 Å². The average molecular weight is 320 g/mol. The van der Waals surface area contributed by atoms with Gasteiger partial charge >= 0.3 is 0 Å². The third-order valence-electron chi connectivity index (χ3n) is 3.72. The average Bonchev–Trinajstić information content (AvgIpc) is 3.22. The number of rotatable bonds is 5. The van der Waals surface area contributed by atoms with E-state index in [4.69, 9.17) is 4.98 Å². The van der Waals surface area contributed by atoms with E-state index in [0.717, 1.165) is 28.5 Å². The lowest BCUT2D eigenvalue weighted by molar-refractivity contribution is 0.821. The zero-order chi connectivity index (χ0) is 15.5. The topological polar surface area (TPSA) is 42.7 Å². The Hall–Kier alpha value is -2.66. The molecule has 0 saturated carbocycles. The van der Waals surface area contributed by atoms with Gasteiger partial charge in [0.2, 0.25) is 5.95 Å². The van der Waals surface area contributed by atoms with Crippen LogP contribution in [0.4, 0.5) is 5.95 Å². The Balaban J connectivity index is 1.69. The van der Waals surface area contributed by atoms with E-state index in [9.17, 15) is 0 Å². The van der Waals surface area contributed by atoms with E-state index in [0.29, 0.717) is 6.54 Å². The minimum absolute atomic E-state index is 0.690. The van der Waals surface area contributed by atoms with E-state index in [-0.39, 0.29) is 0 Å². The van der Waals surface area contributed by atoms with Crippen LogP contribution in [-0.4, -0.2) is 14.5 Å². The fraction of sp³-hybridized carbons (Fsp3) is 0.111. The predicted octanol–water partition coefficient (Wildman–Crippen LogP) is 4.15. The smallest absolute Gasteiger partial charge is 0.204 e. The number of aromatic nitrogens is 3. The fourth-order valence-electron chi connectivity index (χ4n) is 2.63. The monoisotopic (exact) mass is 320 g/mol. The van der Waals surface area contributed by atoms with E-state index in [1.165, 1.54) is 5.56 Å². The van der Waals surface area contributed by atoms with Gasteiger partial charge in [-0.15, -0.1) is 11.3 Å². The van der Waals surface area contributed by atoms with Crippen LogP contribution in [0.25, 0.3) is 11.0 Å². The number of nitrogens with one attached hydrogen (secondary N) is 1. The highest BCUT2D eigenvalue weighted by atomic mass is 32.1. The number of imidazole rings is 1. The SMILES string of the molecule is c1ccc(Cn2c(NCc3nccs3)nc3ccccc32)cc1. The van der Waals surface area contributed by atoms with Crippen LogP contribution in [0.15, 0.2) is 66.2 Å². The van der Waals surface area contributed by atoms with Crippen LogP contribution in [-0.2, 0) is 13.1 Å². The second kappa shape index (κ2) is 6.22. The Morgan fingerprint density at radius 3 is 2.65 bits per heavy atom. The number of thiazole rings is 1. The molecule has 0 radical (unpaired) electrons. The summed E-state index contributed by atoms with van der Waals surface area (Å²) in [4.78, 5) is 9.05. The molecule has 4 nitrogen and oxygen atoms in total. The summed E-state index contributed by atoms with van der Waals surface area (Å²) in [5.41, 5.74) is 3.40. The molecule has 5 heteroatoms. The highest BCUT2D eigenvalue weighted by Crippen LogP contribution is 2.22. The number of fused-ring (bicyclic) bond motifs is 1. The highest BCUT2D eigenvalue weighted by molar-refractivity contribution is 7.09. The fourth-order valence-corrected chi connectivity index (χ4v) is 3.19. The standard InChI is InChI=1S/C18H16N4S/c1-2-6-14(7-3-1)13-22-16-9-5-4-8-15(16)21-18(22)20-12-17-19-10-11-23-17/h1-11H,12-13H2,(H,20,21). The van der Waals surface area contributed by atoms with Crippen LogP contribution in [0.2, 0.25) is 0 Å². The number of benzene rings is 2. The Labute approximate surface area is 138 Å². The first-order valence-corrected chi connectivity index (χ1v) is 8.39. The summed E-state index contributed by atoms with van der Waals surface area (Å²) in [6.07, 6.45) is 1.83. The molecular formula is C18H16N4S. The first kappa shape index (κ1) is 14.0. The highest BCUT2D eigenvalue weighted by Gasteiger charge is 2.11. The van der Waals surface area contributed by atoms with Gasteiger partial charge in [0.1, 0.15) is 5.01 Å². The summed E-state index contributed by atoms with van der Waals surface area (Å²) in [6.45, 7) is 1.48. The van der Waals surface area contributed by atoms with Gasteiger partial charge in [-0.1, -0.05) is 42.5 Å². The maximum Gasteiger partial charge on any atom is 0.204 e. The van der Waals surface area contributed by atoms with Crippen LogP contribution in [0.5, 0.6) is 0 Å². The first-order chi connectivity index (χ1) is 11.4. The quantitative estimate of drug-likeness (QED) is 0.600. The molecule has 0 aliphatic rings. The van der Waals surface area contributed by atoms with Crippen molar-refractivity contribution in [2.45, 2.75) is 13.1 Å². The molecule has 0 aliphatic carbocycles. The number of anilines is 1. The lowest BCUT2D eigenvalue weighted by Crippen LogP contribution is -2.08. The van der Waals surface area contributed by atoms with Gasteiger partial charge in [-0.2, -0.15) is 0 Å². The second-order valence-corrected chi connectivity index (χ2v) is 6.25. The van der Waals surface area contributed by atoms with Crippen LogP contribution in [0, 0.1) is 0 Å². The number of para-hydroxylation sites is 2. The van der Waals surface area contributed by atoms with Crippen molar-refractivity contribution < 1.29 is 0 Å². The first-order valence-electron chi connectivity index (χ1n) is 7.51. The molecule has 0 saturated heterocycles. The lowest BCUT2D eigenvalue weighted by atomic mass is 10.2. The Morgan fingerprint density at radius 1 is 1.00 bits per heavy atom. The molecule has 4 rings (SSSR count). The van der Waals surface area contributed by atoms with Gasteiger partial charge in [-0.25, -0.2) is 9.97 Å². The van der Waals surface area contributed by atoms with Gasteiger partial charge in [0.05, 0.1) is 24.1 Å². The molecule has 0 unspecified atom stereocenters. The molecule has 0 aliphatic heterocycles. The Morgan fingerprint density at radius 2 is 1.83 bits per heavy atom. The van der Waals surface area contributed by atoms with Gasteiger partial charge in [-0.3, -0.25) is 0 Å². The normalized spacial score (nSPS) is 11.0. The van der Waals surface area contributed by atoms with Crippen molar-refractivity contribution in [2.75, 3.05) is 5.32 Å². The molecule has 0 amide bonds. The van der Waals surface area contributed by atoms with Gasteiger partial charge in [-0.05, 0) is 17.7 Å². The molecule has 0 bridgehead atoms. The summed E-state index contributed by atoms with van der Waals surface area (Å²) < 4.78 is 2.22. The van der Waals surface area contributed by atoms with Gasteiger partial charge in [0.15, 0.2) is 0 Å². The van der Waals surface area contributed by atoms with Gasteiger partial charge in [0.25, 0.3) is 0 Å². The number of hydrogen-bond donors (Lipinski definition) is 1. The van der Waals surface area contributed by atoms with Crippen LogP contribution >= 0.6 is 11.3 Å². The summed E-state index contributed by atoms with van der Waals surface area (Å²) in [5.74, 6) is 0.880. The molecule has 0 fully saturated rings. The Bertz CT molecular complexity index is 897. The summed E-state index contributed by atoms with van der Waals surface area (Å²) >= 11 is 1.65. The predicted molar refractivity (Wildman–Crippen MR) is 94.7 cm³/mol. The maximum atomic E-state index is 4.74.